The standard InChI is InChI=1S/C21H19ClN2O3S/c22-14-7-8-17-13(10-14)11-18(27-17)20(25)24(12-15-4-3-9-26-15)21-23-16-5-1-2-6-19(16)28-21/h1-2,5-8,10,15,18H,3-4,9,11-12H2/t15-,18+/m0/s1. The molecule has 144 valence electrons. The highest BCUT2D eigenvalue weighted by molar-refractivity contribution is 7.22. The van der Waals surface area contributed by atoms with E-state index in [1.807, 2.05) is 36.4 Å². The summed E-state index contributed by atoms with van der Waals surface area (Å²) < 4.78 is 12.8. The number of aromatic nitrogens is 1. The van der Waals surface area contributed by atoms with E-state index in [0.717, 1.165) is 41.0 Å². The number of nitrogens with zero attached hydrogens (tertiary/aromatic N) is 2. The van der Waals surface area contributed by atoms with E-state index in [1.54, 1.807) is 11.0 Å². The van der Waals surface area contributed by atoms with E-state index in [0.29, 0.717) is 23.1 Å². The molecule has 3 aromatic rings. The predicted octanol–water partition coefficient (Wildman–Crippen LogP) is 4.47. The van der Waals surface area contributed by atoms with Crippen LogP contribution in [0.1, 0.15) is 18.4 Å². The highest BCUT2D eigenvalue weighted by Crippen LogP contribution is 2.34. The van der Waals surface area contributed by atoms with Crippen molar-refractivity contribution in [3.05, 3.63) is 53.1 Å². The van der Waals surface area contributed by atoms with Crippen molar-refractivity contribution in [3.63, 3.8) is 0 Å². The number of halogens is 1. The molecule has 5 rings (SSSR count). The van der Waals surface area contributed by atoms with Crippen LogP contribution in [0.15, 0.2) is 42.5 Å². The van der Waals surface area contributed by atoms with Gasteiger partial charge in [0.25, 0.3) is 5.91 Å². The first kappa shape index (κ1) is 17.9. The minimum absolute atomic E-state index is 0.0363. The average Bonchev–Trinajstić information content (AvgIpc) is 3.43. The van der Waals surface area contributed by atoms with Gasteiger partial charge in [-0.1, -0.05) is 35.1 Å². The summed E-state index contributed by atoms with van der Waals surface area (Å²) in [4.78, 5) is 19.9. The van der Waals surface area contributed by atoms with E-state index in [4.69, 9.17) is 26.1 Å². The molecule has 1 amide bonds. The molecule has 0 aliphatic carbocycles. The number of thiazole rings is 1. The third-order valence-corrected chi connectivity index (χ3v) is 6.46. The van der Waals surface area contributed by atoms with E-state index in [9.17, 15) is 4.79 Å². The molecule has 0 spiro atoms. The Morgan fingerprint density at radius 1 is 1.29 bits per heavy atom. The Bertz CT molecular complexity index is 998. The normalized spacial score (nSPS) is 20.9. The number of carbonyl (C=O) groups excluding carboxylic acids is 1. The maximum atomic E-state index is 13.4. The van der Waals surface area contributed by atoms with Crippen molar-refractivity contribution in [3.8, 4) is 5.75 Å². The molecule has 1 saturated heterocycles. The van der Waals surface area contributed by atoms with Gasteiger partial charge >= 0.3 is 0 Å². The quantitative estimate of drug-likeness (QED) is 0.632. The van der Waals surface area contributed by atoms with Gasteiger partial charge in [-0.05, 0) is 48.7 Å². The second kappa shape index (κ2) is 7.35. The minimum Gasteiger partial charge on any atom is -0.480 e. The van der Waals surface area contributed by atoms with Gasteiger partial charge in [0.05, 0.1) is 22.9 Å². The second-order valence-corrected chi connectivity index (χ2v) is 8.56. The molecule has 0 unspecified atom stereocenters. The first-order chi connectivity index (χ1) is 13.7. The van der Waals surface area contributed by atoms with Crippen molar-refractivity contribution in [2.24, 2.45) is 0 Å². The van der Waals surface area contributed by atoms with Crippen LogP contribution in [-0.4, -0.2) is 36.3 Å². The molecule has 5 nitrogen and oxygen atoms in total. The molecule has 0 radical (unpaired) electrons. The molecular formula is C21H19ClN2O3S. The summed E-state index contributed by atoms with van der Waals surface area (Å²) in [6, 6.07) is 13.4. The van der Waals surface area contributed by atoms with E-state index in [2.05, 4.69) is 0 Å². The smallest absolute Gasteiger partial charge is 0.270 e. The number of carbonyl (C=O) groups is 1. The van der Waals surface area contributed by atoms with E-state index in [1.165, 1.54) is 11.3 Å². The van der Waals surface area contributed by atoms with Gasteiger partial charge in [0.1, 0.15) is 5.75 Å². The van der Waals surface area contributed by atoms with E-state index < -0.39 is 6.10 Å². The lowest BCUT2D eigenvalue weighted by Crippen LogP contribution is -2.45. The zero-order chi connectivity index (χ0) is 19.1. The van der Waals surface area contributed by atoms with Gasteiger partial charge in [0.15, 0.2) is 11.2 Å². The summed E-state index contributed by atoms with van der Waals surface area (Å²) in [5, 5.41) is 1.34. The molecule has 2 aliphatic heterocycles. The maximum Gasteiger partial charge on any atom is 0.270 e. The molecule has 2 atom stereocenters. The van der Waals surface area contributed by atoms with Gasteiger partial charge in [-0.2, -0.15) is 0 Å². The first-order valence-electron chi connectivity index (χ1n) is 9.41. The van der Waals surface area contributed by atoms with Crippen molar-refractivity contribution in [2.45, 2.75) is 31.5 Å². The van der Waals surface area contributed by atoms with Crippen molar-refractivity contribution in [1.82, 2.24) is 4.98 Å². The number of hydrogen-bond acceptors (Lipinski definition) is 5. The Balaban J connectivity index is 1.44. The number of fused-ring (bicyclic) bond motifs is 2. The SMILES string of the molecule is O=C([C@H]1Cc2cc(Cl)ccc2O1)N(C[C@@H]1CCCO1)c1nc2ccccc2s1. The topological polar surface area (TPSA) is 51.7 Å². The molecule has 3 heterocycles. The zero-order valence-corrected chi connectivity index (χ0v) is 16.7. The van der Waals surface area contributed by atoms with Gasteiger partial charge in [-0.15, -0.1) is 0 Å². The zero-order valence-electron chi connectivity index (χ0n) is 15.1. The molecule has 28 heavy (non-hydrogen) atoms. The number of anilines is 1. The number of benzene rings is 2. The van der Waals surface area contributed by atoms with Crippen LogP contribution in [0.3, 0.4) is 0 Å². The Hall–Kier alpha value is -2.15. The van der Waals surface area contributed by atoms with Gasteiger partial charge in [-0.25, -0.2) is 4.98 Å². The second-order valence-electron chi connectivity index (χ2n) is 7.11. The molecule has 0 bridgehead atoms. The van der Waals surface area contributed by atoms with Crippen molar-refractivity contribution >= 4 is 44.2 Å². The highest BCUT2D eigenvalue weighted by atomic mass is 35.5. The Morgan fingerprint density at radius 2 is 2.18 bits per heavy atom. The lowest BCUT2D eigenvalue weighted by molar-refractivity contribution is -0.125. The third kappa shape index (κ3) is 3.36. The van der Waals surface area contributed by atoms with Crippen LogP contribution < -0.4 is 9.64 Å². The Morgan fingerprint density at radius 3 is 3.00 bits per heavy atom. The molecule has 7 heteroatoms. The lowest BCUT2D eigenvalue weighted by Gasteiger charge is -2.25. The summed E-state index contributed by atoms with van der Waals surface area (Å²) in [5.74, 6) is 0.644. The van der Waals surface area contributed by atoms with Crippen LogP contribution in [0.5, 0.6) is 5.75 Å². The fourth-order valence-corrected chi connectivity index (χ4v) is 4.93. The Kier molecular flexibility index (Phi) is 4.70. The third-order valence-electron chi connectivity index (χ3n) is 5.16. The summed E-state index contributed by atoms with van der Waals surface area (Å²) in [5.41, 5.74) is 1.86. The monoisotopic (exact) mass is 414 g/mol. The predicted molar refractivity (Wildman–Crippen MR) is 111 cm³/mol. The van der Waals surface area contributed by atoms with Crippen LogP contribution in [0.2, 0.25) is 5.02 Å². The highest BCUT2D eigenvalue weighted by Gasteiger charge is 2.36. The molecule has 2 aliphatic rings. The van der Waals surface area contributed by atoms with E-state index in [-0.39, 0.29) is 12.0 Å². The Labute approximate surface area is 171 Å². The summed E-state index contributed by atoms with van der Waals surface area (Å²) in [7, 11) is 0. The summed E-state index contributed by atoms with van der Waals surface area (Å²) >= 11 is 7.62. The van der Waals surface area contributed by atoms with Crippen molar-refractivity contribution in [1.29, 1.82) is 0 Å². The average molecular weight is 415 g/mol. The molecule has 2 aromatic carbocycles. The van der Waals surface area contributed by atoms with Gasteiger partial charge in [0, 0.05) is 18.1 Å². The number of para-hydroxylation sites is 1. The first-order valence-corrected chi connectivity index (χ1v) is 10.6. The van der Waals surface area contributed by atoms with Crippen molar-refractivity contribution < 1.29 is 14.3 Å². The van der Waals surface area contributed by atoms with Crippen LogP contribution in [-0.2, 0) is 16.0 Å². The van der Waals surface area contributed by atoms with Crippen LogP contribution in [0.25, 0.3) is 10.2 Å². The maximum absolute atomic E-state index is 13.4. The summed E-state index contributed by atoms with van der Waals surface area (Å²) in [6.07, 6.45) is 1.96. The molecule has 0 N–H and O–H groups in total. The molecule has 1 aromatic heterocycles. The van der Waals surface area contributed by atoms with Gasteiger partial charge in [0.2, 0.25) is 0 Å². The van der Waals surface area contributed by atoms with Gasteiger partial charge < -0.3 is 9.47 Å². The largest absolute Gasteiger partial charge is 0.480 e. The molecular weight excluding hydrogens is 396 g/mol. The molecule has 1 fully saturated rings. The van der Waals surface area contributed by atoms with Crippen LogP contribution in [0.4, 0.5) is 5.13 Å². The number of ether oxygens (including phenoxy) is 2. The lowest BCUT2D eigenvalue weighted by atomic mass is 10.1. The fraction of sp³-hybridized carbons (Fsp3) is 0.333. The number of rotatable bonds is 4. The summed E-state index contributed by atoms with van der Waals surface area (Å²) in [6.45, 7) is 1.24. The fourth-order valence-electron chi connectivity index (χ4n) is 3.76. The van der Waals surface area contributed by atoms with Crippen LogP contribution >= 0.6 is 22.9 Å². The molecule has 0 saturated carbocycles. The number of amides is 1. The van der Waals surface area contributed by atoms with Crippen LogP contribution in [0, 0.1) is 0 Å². The van der Waals surface area contributed by atoms with Crippen molar-refractivity contribution in [2.75, 3.05) is 18.1 Å². The minimum atomic E-state index is -0.568. The van der Waals surface area contributed by atoms with Gasteiger partial charge in [-0.3, -0.25) is 9.69 Å². The van der Waals surface area contributed by atoms with E-state index >= 15 is 0 Å². The number of hydrogen-bond donors (Lipinski definition) is 0.